The SMILES string of the molecule is Cc1occc1-c1nc(N2CC[C@@H](O)[C@H](C)C2)ncc1-c1cccnc1. The van der Waals surface area contributed by atoms with Gasteiger partial charge in [-0.15, -0.1) is 0 Å². The van der Waals surface area contributed by atoms with Crippen LogP contribution in [0.3, 0.4) is 0 Å². The summed E-state index contributed by atoms with van der Waals surface area (Å²) in [6.07, 6.45) is 7.58. The summed E-state index contributed by atoms with van der Waals surface area (Å²) >= 11 is 0. The molecule has 26 heavy (non-hydrogen) atoms. The lowest BCUT2D eigenvalue weighted by molar-refractivity contribution is 0.0966. The van der Waals surface area contributed by atoms with Gasteiger partial charge in [-0.1, -0.05) is 13.0 Å². The number of aromatic nitrogens is 3. The van der Waals surface area contributed by atoms with Gasteiger partial charge in [0.25, 0.3) is 0 Å². The molecule has 3 aromatic rings. The van der Waals surface area contributed by atoms with Gasteiger partial charge in [0, 0.05) is 48.4 Å². The molecule has 0 spiro atoms. The first-order valence-corrected chi connectivity index (χ1v) is 8.88. The number of anilines is 1. The van der Waals surface area contributed by atoms with E-state index < -0.39 is 0 Å². The Morgan fingerprint density at radius 3 is 2.81 bits per heavy atom. The third-order valence-corrected chi connectivity index (χ3v) is 5.01. The molecule has 0 bridgehead atoms. The molecule has 1 aliphatic heterocycles. The molecule has 4 heterocycles. The lowest BCUT2D eigenvalue weighted by Crippen LogP contribution is -2.42. The number of piperidine rings is 1. The van der Waals surface area contributed by atoms with E-state index in [4.69, 9.17) is 9.40 Å². The number of hydrogen-bond donors (Lipinski definition) is 1. The minimum absolute atomic E-state index is 0.199. The zero-order valence-corrected chi connectivity index (χ0v) is 15.0. The Hall–Kier alpha value is -2.73. The highest BCUT2D eigenvalue weighted by molar-refractivity contribution is 5.81. The molecule has 0 radical (unpaired) electrons. The van der Waals surface area contributed by atoms with Crippen molar-refractivity contribution < 1.29 is 9.52 Å². The molecule has 1 fully saturated rings. The van der Waals surface area contributed by atoms with Crippen molar-refractivity contribution in [1.29, 1.82) is 0 Å². The van der Waals surface area contributed by atoms with Crippen LogP contribution in [0.5, 0.6) is 0 Å². The van der Waals surface area contributed by atoms with E-state index in [0.29, 0.717) is 5.95 Å². The number of rotatable bonds is 3. The maximum absolute atomic E-state index is 9.99. The number of hydrogen-bond acceptors (Lipinski definition) is 6. The van der Waals surface area contributed by atoms with E-state index in [0.717, 1.165) is 47.7 Å². The average molecular weight is 350 g/mol. The van der Waals surface area contributed by atoms with Gasteiger partial charge in [-0.3, -0.25) is 4.98 Å². The first-order chi connectivity index (χ1) is 12.6. The monoisotopic (exact) mass is 350 g/mol. The van der Waals surface area contributed by atoms with Crippen LogP contribution in [-0.4, -0.2) is 39.3 Å². The van der Waals surface area contributed by atoms with E-state index >= 15 is 0 Å². The van der Waals surface area contributed by atoms with Crippen molar-refractivity contribution in [2.24, 2.45) is 5.92 Å². The standard InChI is InChI=1S/C20H22N4O2/c1-13-12-24(8-5-18(13)25)20-22-11-17(15-4-3-7-21-10-15)19(23-20)16-6-9-26-14(16)2/h3-4,6-7,9-11,13,18,25H,5,8,12H2,1-2H3/t13-,18-/m1/s1. The summed E-state index contributed by atoms with van der Waals surface area (Å²) in [5.41, 5.74) is 3.69. The Morgan fingerprint density at radius 2 is 2.12 bits per heavy atom. The molecule has 0 unspecified atom stereocenters. The molecule has 0 saturated carbocycles. The summed E-state index contributed by atoms with van der Waals surface area (Å²) in [7, 11) is 0. The highest BCUT2D eigenvalue weighted by Gasteiger charge is 2.26. The van der Waals surface area contributed by atoms with Crippen LogP contribution in [0.25, 0.3) is 22.4 Å². The predicted molar refractivity (Wildman–Crippen MR) is 99.7 cm³/mol. The van der Waals surface area contributed by atoms with E-state index in [-0.39, 0.29) is 12.0 Å². The van der Waals surface area contributed by atoms with E-state index in [1.54, 1.807) is 12.5 Å². The third-order valence-electron chi connectivity index (χ3n) is 5.01. The van der Waals surface area contributed by atoms with Crippen LogP contribution in [0.15, 0.2) is 47.5 Å². The Morgan fingerprint density at radius 1 is 1.23 bits per heavy atom. The van der Waals surface area contributed by atoms with Crippen LogP contribution in [-0.2, 0) is 0 Å². The van der Waals surface area contributed by atoms with Gasteiger partial charge in [-0.25, -0.2) is 9.97 Å². The van der Waals surface area contributed by atoms with Crippen molar-refractivity contribution in [3.8, 4) is 22.4 Å². The molecule has 134 valence electrons. The Labute approximate surface area is 152 Å². The van der Waals surface area contributed by atoms with Gasteiger partial charge in [0.15, 0.2) is 0 Å². The Bertz CT molecular complexity index is 894. The molecule has 4 rings (SSSR count). The number of aliphatic hydroxyl groups excluding tert-OH is 1. The maximum Gasteiger partial charge on any atom is 0.225 e. The molecule has 1 saturated heterocycles. The van der Waals surface area contributed by atoms with Gasteiger partial charge in [-0.05, 0) is 31.4 Å². The molecule has 6 nitrogen and oxygen atoms in total. The minimum Gasteiger partial charge on any atom is -0.469 e. The van der Waals surface area contributed by atoms with E-state index in [9.17, 15) is 5.11 Å². The molecule has 0 amide bonds. The molecular weight excluding hydrogens is 328 g/mol. The average Bonchev–Trinajstić information content (AvgIpc) is 3.10. The molecule has 0 aromatic carbocycles. The van der Waals surface area contributed by atoms with Gasteiger partial charge in [0.2, 0.25) is 5.95 Å². The van der Waals surface area contributed by atoms with Gasteiger partial charge >= 0.3 is 0 Å². The topological polar surface area (TPSA) is 75.3 Å². The fourth-order valence-electron chi connectivity index (χ4n) is 3.41. The number of nitrogens with zero attached hydrogens (tertiary/aromatic N) is 4. The Kier molecular flexibility index (Phi) is 4.42. The summed E-state index contributed by atoms with van der Waals surface area (Å²) in [5.74, 6) is 1.71. The van der Waals surface area contributed by atoms with Crippen molar-refractivity contribution in [2.45, 2.75) is 26.4 Å². The lowest BCUT2D eigenvalue weighted by Gasteiger charge is -2.34. The largest absolute Gasteiger partial charge is 0.469 e. The number of aliphatic hydroxyl groups is 1. The fraction of sp³-hybridized carbons (Fsp3) is 0.350. The van der Waals surface area contributed by atoms with Gasteiger partial charge in [0.1, 0.15) is 5.76 Å². The van der Waals surface area contributed by atoms with E-state index in [2.05, 4.69) is 21.8 Å². The summed E-state index contributed by atoms with van der Waals surface area (Å²) in [5, 5.41) is 9.99. The smallest absolute Gasteiger partial charge is 0.225 e. The van der Waals surface area contributed by atoms with Crippen LogP contribution in [0, 0.1) is 12.8 Å². The summed E-state index contributed by atoms with van der Waals surface area (Å²) in [4.78, 5) is 15.9. The zero-order chi connectivity index (χ0) is 18.1. The molecule has 0 aliphatic carbocycles. The number of furan rings is 1. The fourth-order valence-corrected chi connectivity index (χ4v) is 3.41. The van der Waals surface area contributed by atoms with Crippen LogP contribution in [0.4, 0.5) is 5.95 Å². The van der Waals surface area contributed by atoms with E-state index in [1.165, 1.54) is 0 Å². The highest BCUT2D eigenvalue weighted by Crippen LogP contribution is 2.34. The molecule has 6 heteroatoms. The van der Waals surface area contributed by atoms with Crippen molar-refractivity contribution in [2.75, 3.05) is 18.0 Å². The molecular formula is C20H22N4O2. The summed E-state index contributed by atoms with van der Waals surface area (Å²) < 4.78 is 5.50. The summed E-state index contributed by atoms with van der Waals surface area (Å²) in [6, 6.07) is 5.84. The second kappa shape index (κ2) is 6.88. The van der Waals surface area contributed by atoms with Crippen molar-refractivity contribution in [1.82, 2.24) is 15.0 Å². The normalized spacial score (nSPS) is 20.3. The minimum atomic E-state index is -0.253. The molecule has 2 atom stereocenters. The number of pyridine rings is 1. The van der Waals surface area contributed by atoms with Crippen molar-refractivity contribution in [3.63, 3.8) is 0 Å². The zero-order valence-electron chi connectivity index (χ0n) is 15.0. The molecule has 1 aliphatic rings. The number of aryl methyl sites for hydroxylation is 1. The Balaban J connectivity index is 1.79. The first kappa shape index (κ1) is 16.7. The second-order valence-electron chi connectivity index (χ2n) is 6.84. The van der Waals surface area contributed by atoms with Crippen LogP contribution < -0.4 is 4.90 Å². The molecule has 3 aromatic heterocycles. The van der Waals surface area contributed by atoms with E-state index in [1.807, 2.05) is 37.5 Å². The van der Waals surface area contributed by atoms with Gasteiger partial charge in [-0.2, -0.15) is 0 Å². The predicted octanol–water partition coefficient (Wildman–Crippen LogP) is 3.31. The molecule has 1 N–H and O–H groups in total. The van der Waals surface area contributed by atoms with Crippen LogP contribution >= 0.6 is 0 Å². The quantitative estimate of drug-likeness (QED) is 0.781. The summed E-state index contributed by atoms with van der Waals surface area (Å²) in [6.45, 7) is 5.49. The third kappa shape index (κ3) is 3.08. The lowest BCUT2D eigenvalue weighted by atomic mass is 9.97. The maximum atomic E-state index is 9.99. The van der Waals surface area contributed by atoms with Crippen molar-refractivity contribution >= 4 is 5.95 Å². The van der Waals surface area contributed by atoms with Gasteiger partial charge < -0.3 is 14.4 Å². The van der Waals surface area contributed by atoms with Crippen LogP contribution in [0.1, 0.15) is 19.1 Å². The van der Waals surface area contributed by atoms with Crippen molar-refractivity contribution in [3.05, 3.63) is 48.8 Å². The van der Waals surface area contributed by atoms with Crippen LogP contribution in [0.2, 0.25) is 0 Å². The second-order valence-corrected chi connectivity index (χ2v) is 6.84. The highest BCUT2D eigenvalue weighted by atomic mass is 16.3. The van der Waals surface area contributed by atoms with Gasteiger partial charge in [0.05, 0.1) is 18.1 Å². The first-order valence-electron chi connectivity index (χ1n) is 8.88.